The normalized spacial score (nSPS) is 10.6. The van der Waals surface area contributed by atoms with Crippen LogP contribution in [0.5, 0.6) is 0 Å². The van der Waals surface area contributed by atoms with E-state index in [1.165, 1.54) is 24.5 Å². The van der Waals surface area contributed by atoms with E-state index >= 15 is 0 Å². The number of furan rings is 1. The Kier molecular flexibility index (Phi) is 4.85. The van der Waals surface area contributed by atoms with Gasteiger partial charge in [0.25, 0.3) is 11.6 Å². The number of nitrogens with one attached hydrogen (secondary N) is 1. The van der Waals surface area contributed by atoms with Gasteiger partial charge in [0.1, 0.15) is 5.56 Å². The molecule has 0 fully saturated rings. The number of para-hydroxylation sites is 1. The second-order valence-electron chi connectivity index (χ2n) is 6.07. The van der Waals surface area contributed by atoms with Crippen LogP contribution in [0.15, 0.2) is 77.4 Å². The zero-order valence-electron chi connectivity index (χ0n) is 15.1. The minimum absolute atomic E-state index is 0.0869. The molecule has 0 radical (unpaired) electrons. The number of carbonyl (C=O) groups excluding carboxylic acids is 1. The van der Waals surface area contributed by atoms with E-state index in [-0.39, 0.29) is 23.0 Å². The van der Waals surface area contributed by atoms with Gasteiger partial charge in [0.2, 0.25) is 11.8 Å². The summed E-state index contributed by atoms with van der Waals surface area (Å²) in [6.45, 7) is 0.390. The molecule has 0 bridgehead atoms. The summed E-state index contributed by atoms with van der Waals surface area (Å²) >= 11 is 0. The van der Waals surface area contributed by atoms with Crippen molar-refractivity contribution in [2.45, 2.75) is 6.54 Å². The number of hydrogen-bond acceptors (Lipinski definition) is 7. The lowest BCUT2D eigenvalue weighted by atomic mass is 10.1. The average Bonchev–Trinajstić information content (AvgIpc) is 3.42. The van der Waals surface area contributed by atoms with E-state index in [2.05, 4.69) is 15.4 Å². The summed E-state index contributed by atoms with van der Waals surface area (Å²) in [7, 11) is 0. The number of nitrogens with zero attached hydrogens (tertiary/aromatic N) is 4. The standard InChI is InChI=1S/C20H15N5O4/c26-19(15-9-4-5-10-16(15)25(27)28)24-20(21-13-14-7-2-1-3-8-14)22-18(23-24)17-11-6-12-29-17/h1-12H,13H2,(H,21,22,23). The molecule has 9 nitrogen and oxygen atoms in total. The molecule has 0 amide bonds. The molecular weight excluding hydrogens is 374 g/mol. The van der Waals surface area contributed by atoms with Crippen molar-refractivity contribution in [1.82, 2.24) is 14.8 Å². The first-order chi connectivity index (χ1) is 14.1. The highest BCUT2D eigenvalue weighted by molar-refractivity contribution is 6.00. The van der Waals surface area contributed by atoms with Crippen LogP contribution in [0, 0.1) is 10.1 Å². The van der Waals surface area contributed by atoms with E-state index < -0.39 is 10.8 Å². The Morgan fingerprint density at radius 3 is 2.55 bits per heavy atom. The molecule has 0 unspecified atom stereocenters. The Morgan fingerprint density at radius 1 is 1.07 bits per heavy atom. The summed E-state index contributed by atoms with van der Waals surface area (Å²) in [5, 5.41) is 18.6. The van der Waals surface area contributed by atoms with Crippen LogP contribution in [0.2, 0.25) is 0 Å². The molecule has 0 saturated heterocycles. The van der Waals surface area contributed by atoms with Gasteiger partial charge in [-0.05, 0) is 23.8 Å². The van der Waals surface area contributed by atoms with Crippen molar-refractivity contribution in [3.05, 3.63) is 94.2 Å². The SMILES string of the molecule is O=C(c1ccccc1[N+](=O)[O-])n1nc(-c2ccco2)nc1NCc1ccccc1. The molecule has 0 atom stereocenters. The summed E-state index contributed by atoms with van der Waals surface area (Å²) in [5.74, 6) is 0.0564. The van der Waals surface area contributed by atoms with Gasteiger partial charge in [0.15, 0.2) is 5.76 Å². The molecule has 0 aliphatic heterocycles. The molecule has 2 aromatic heterocycles. The average molecular weight is 389 g/mol. The minimum atomic E-state index is -0.668. The Bertz CT molecular complexity index is 1150. The van der Waals surface area contributed by atoms with Gasteiger partial charge in [-0.25, -0.2) is 0 Å². The monoisotopic (exact) mass is 389 g/mol. The van der Waals surface area contributed by atoms with Gasteiger partial charge in [-0.15, -0.1) is 5.10 Å². The van der Waals surface area contributed by atoms with E-state index in [0.717, 1.165) is 10.2 Å². The summed E-state index contributed by atoms with van der Waals surface area (Å²) in [5.41, 5.74) is 0.581. The summed E-state index contributed by atoms with van der Waals surface area (Å²) in [6.07, 6.45) is 1.47. The fourth-order valence-corrected chi connectivity index (χ4v) is 2.78. The van der Waals surface area contributed by atoms with Crippen LogP contribution in [-0.4, -0.2) is 25.6 Å². The lowest BCUT2D eigenvalue weighted by Crippen LogP contribution is -2.18. The predicted octanol–water partition coefficient (Wildman–Crippen LogP) is 3.75. The number of anilines is 1. The quantitative estimate of drug-likeness (QED) is 0.394. The number of nitro groups is 1. The second kappa shape index (κ2) is 7.77. The Hall–Kier alpha value is -4.27. The van der Waals surface area contributed by atoms with Crippen LogP contribution in [0.3, 0.4) is 0 Å². The summed E-state index contributed by atoms with van der Waals surface area (Å²) in [4.78, 5) is 28.1. The molecule has 0 saturated carbocycles. The maximum Gasteiger partial charge on any atom is 0.288 e. The highest BCUT2D eigenvalue weighted by Crippen LogP contribution is 2.23. The van der Waals surface area contributed by atoms with Gasteiger partial charge in [0, 0.05) is 12.6 Å². The summed E-state index contributed by atoms with van der Waals surface area (Å²) < 4.78 is 6.33. The van der Waals surface area contributed by atoms with E-state index in [4.69, 9.17) is 4.42 Å². The number of benzene rings is 2. The molecule has 0 aliphatic rings. The molecule has 9 heteroatoms. The molecule has 0 aliphatic carbocycles. The molecule has 0 spiro atoms. The molecule has 2 aromatic carbocycles. The summed E-state index contributed by atoms with van der Waals surface area (Å²) in [6, 6.07) is 18.6. The Balaban J connectivity index is 1.73. The number of hydrogen-bond donors (Lipinski definition) is 1. The topological polar surface area (TPSA) is 116 Å². The molecule has 1 N–H and O–H groups in total. The first kappa shape index (κ1) is 18.1. The van der Waals surface area contributed by atoms with Crippen LogP contribution in [-0.2, 0) is 6.54 Å². The number of aromatic nitrogens is 3. The largest absolute Gasteiger partial charge is 0.461 e. The number of carbonyl (C=O) groups is 1. The zero-order chi connectivity index (χ0) is 20.2. The van der Waals surface area contributed by atoms with Gasteiger partial charge in [-0.2, -0.15) is 9.67 Å². The maximum atomic E-state index is 13.1. The molecule has 2 heterocycles. The van der Waals surface area contributed by atoms with E-state index in [0.29, 0.717) is 12.3 Å². The second-order valence-corrected chi connectivity index (χ2v) is 6.07. The van der Waals surface area contributed by atoms with Crippen molar-refractivity contribution in [1.29, 1.82) is 0 Å². The van der Waals surface area contributed by atoms with Crippen molar-refractivity contribution < 1.29 is 14.1 Å². The fraction of sp³-hybridized carbons (Fsp3) is 0.0500. The van der Waals surface area contributed by atoms with Gasteiger partial charge in [-0.3, -0.25) is 14.9 Å². The highest BCUT2D eigenvalue weighted by Gasteiger charge is 2.25. The van der Waals surface area contributed by atoms with Crippen molar-refractivity contribution in [3.8, 4) is 11.6 Å². The molecular formula is C20H15N5O4. The Labute approximate surface area is 164 Å². The van der Waals surface area contributed by atoms with E-state index in [1.807, 2.05) is 30.3 Å². The van der Waals surface area contributed by atoms with Crippen LogP contribution in [0.4, 0.5) is 11.6 Å². The fourth-order valence-electron chi connectivity index (χ4n) is 2.78. The smallest absolute Gasteiger partial charge is 0.288 e. The van der Waals surface area contributed by atoms with Crippen molar-refractivity contribution in [2.24, 2.45) is 0 Å². The third-order valence-electron chi connectivity index (χ3n) is 4.17. The third kappa shape index (κ3) is 3.74. The van der Waals surface area contributed by atoms with Crippen molar-refractivity contribution in [2.75, 3.05) is 5.32 Å². The highest BCUT2D eigenvalue weighted by atomic mass is 16.6. The van der Waals surface area contributed by atoms with Crippen LogP contribution < -0.4 is 5.32 Å². The molecule has 144 valence electrons. The number of nitro benzene ring substituents is 1. The van der Waals surface area contributed by atoms with Crippen LogP contribution in [0.25, 0.3) is 11.6 Å². The molecule has 4 aromatic rings. The number of rotatable bonds is 6. The van der Waals surface area contributed by atoms with Crippen molar-refractivity contribution in [3.63, 3.8) is 0 Å². The van der Waals surface area contributed by atoms with Crippen LogP contribution >= 0.6 is 0 Å². The maximum absolute atomic E-state index is 13.1. The Morgan fingerprint density at radius 2 is 1.83 bits per heavy atom. The lowest BCUT2D eigenvalue weighted by Gasteiger charge is -2.07. The van der Waals surface area contributed by atoms with Gasteiger partial charge in [0.05, 0.1) is 11.2 Å². The zero-order valence-corrected chi connectivity index (χ0v) is 15.1. The van der Waals surface area contributed by atoms with E-state index in [9.17, 15) is 14.9 Å². The molecule has 4 rings (SSSR count). The third-order valence-corrected chi connectivity index (χ3v) is 4.17. The van der Waals surface area contributed by atoms with Crippen LogP contribution in [0.1, 0.15) is 15.9 Å². The van der Waals surface area contributed by atoms with Gasteiger partial charge >= 0.3 is 0 Å². The molecule has 29 heavy (non-hydrogen) atoms. The predicted molar refractivity (Wildman–Crippen MR) is 104 cm³/mol. The first-order valence-corrected chi connectivity index (χ1v) is 8.70. The lowest BCUT2D eigenvalue weighted by molar-refractivity contribution is -0.385. The van der Waals surface area contributed by atoms with E-state index in [1.54, 1.807) is 18.2 Å². The first-order valence-electron chi connectivity index (χ1n) is 8.70. The van der Waals surface area contributed by atoms with Gasteiger partial charge in [-0.1, -0.05) is 42.5 Å². The minimum Gasteiger partial charge on any atom is -0.461 e. The van der Waals surface area contributed by atoms with Crippen molar-refractivity contribution >= 4 is 17.5 Å². The van der Waals surface area contributed by atoms with Gasteiger partial charge < -0.3 is 9.73 Å².